The number of carboxylic acid groups (broad SMARTS) is 1. The van der Waals surface area contributed by atoms with E-state index < -0.39 is 17.8 Å². The molecular weight excluding hydrogens is 195 g/mol. The molecule has 1 rings (SSSR count). The van der Waals surface area contributed by atoms with E-state index in [0.717, 1.165) is 19.2 Å². The molecule has 1 saturated carbocycles. The normalized spacial score (nSPS) is 25.9. The molecule has 2 atom stereocenters. The molecule has 0 radical (unpaired) electrons. The Morgan fingerprint density at radius 3 is 2.40 bits per heavy atom. The molecule has 0 bridgehead atoms. The molecular formula is C10H17BO4. The third kappa shape index (κ3) is 3.25. The van der Waals surface area contributed by atoms with Crippen molar-refractivity contribution in [2.75, 3.05) is 6.61 Å². The van der Waals surface area contributed by atoms with Crippen LogP contribution in [0.1, 0.15) is 25.7 Å². The molecule has 0 spiro atoms. The minimum atomic E-state index is -0.867. The highest BCUT2D eigenvalue weighted by atomic mass is 16.5. The van der Waals surface area contributed by atoms with Crippen LogP contribution in [0, 0.1) is 11.8 Å². The maximum Gasteiger partial charge on any atom is 0.309 e. The highest BCUT2D eigenvalue weighted by molar-refractivity contribution is 6.08. The molecule has 1 N–H and O–H groups in total. The van der Waals surface area contributed by atoms with Crippen LogP contribution < -0.4 is 0 Å². The van der Waals surface area contributed by atoms with Crippen molar-refractivity contribution in [3.8, 4) is 0 Å². The maximum atomic E-state index is 11.6. The van der Waals surface area contributed by atoms with Gasteiger partial charge in [-0.3, -0.25) is 9.59 Å². The van der Waals surface area contributed by atoms with Crippen LogP contribution in [-0.4, -0.2) is 31.5 Å². The fourth-order valence-corrected chi connectivity index (χ4v) is 2.02. The quantitative estimate of drug-likeness (QED) is 0.543. The van der Waals surface area contributed by atoms with Gasteiger partial charge in [0.05, 0.1) is 18.4 Å². The second-order valence-corrected chi connectivity index (χ2v) is 4.00. The third-order valence-electron chi connectivity index (χ3n) is 2.83. The summed E-state index contributed by atoms with van der Waals surface area (Å²) in [5.74, 6) is -2.16. The summed E-state index contributed by atoms with van der Waals surface area (Å²) in [6, 6.07) is 0. The first kappa shape index (κ1) is 12.1. The van der Waals surface area contributed by atoms with Gasteiger partial charge < -0.3 is 9.84 Å². The molecule has 0 amide bonds. The van der Waals surface area contributed by atoms with Gasteiger partial charge in [0.15, 0.2) is 0 Å². The van der Waals surface area contributed by atoms with Crippen LogP contribution in [0.15, 0.2) is 0 Å². The molecule has 0 aliphatic heterocycles. The SMILES string of the molecule is BCCOC(=O)C1CCCCC1C(=O)O. The van der Waals surface area contributed by atoms with E-state index in [0.29, 0.717) is 19.4 Å². The maximum absolute atomic E-state index is 11.6. The number of aliphatic carboxylic acids is 1. The molecule has 1 fully saturated rings. The topological polar surface area (TPSA) is 63.6 Å². The standard InChI is InChI=1S/C10H17BO4/c11-5-6-15-10(14)8-4-2-1-3-7(8)9(12)13/h7-8H,1-6,11H2,(H,12,13). The first-order valence-corrected chi connectivity index (χ1v) is 5.56. The van der Waals surface area contributed by atoms with Crippen molar-refractivity contribution in [3.63, 3.8) is 0 Å². The predicted octanol–water partition coefficient (Wildman–Crippen LogP) is 0.472. The fraction of sp³-hybridized carbons (Fsp3) is 0.800. The van der Waals surface area contributed by atoms with E-state index in [4.69, 9.17) is 9.84 Å². The number of hydrogen-bond donors (Lipinski definition) is 1. The summed E-state index contributed by atoms with van der Waals surface area (Å²) in [6.07, 6.45) is 3.85. The van der Waals surface area contributed by atoms with E-state index in [-0.39, 0.29) is 5.97 Å². The average molecular weight is 212 g/mol. The van der Waals surface area contributed by atoms with Gasteiger partial charge in [-0.15, -0.1) is 0 Å². The molecule has 15 heavy (non-hydrogen) atoms. The Labute approximate surface area is 90.4 Å². The van der Waals surface area contributed by atoms with E-state index in [9.17, 15) is 9.59 Å². The van der Waals surface area contributed by atoms with Crippen LogP contribution in [0.5, 0.6) is 0 Å². The van der Waals surface area contributed by atoms with Crippen molar-refractivity contribution in [3.05, 3.63) is 0 Å². The highest BCUT2D eigenvalue weighted by Crippen LogP contribution is 2.31. The molecule has 0 aromatic carbocycles. The number of hydrogen-bond acceptors (Lipinski definition) is 3. The number of carboxylic acids is 1. The molecule has 0 heterocycles. The van der Waals surface area contributed by atoms with Crippen LogP contribution >= 0.6 is 0 Å². The number of ether oxygens (including phenoxy) is 1. The lowest BCUT2D eigenvalue weighted by atomic mass is 9.79. The largest absolute Gasteiger partial charge is 0.481 e. The van der Waals surface area contributed by atoms with Gasteiger partial charge in [0.25, 0.3) is 0 Å². The lowest BCUT2D eigenvalue weighted by Gasteiger charge is -2.26. The molecule has 84 valence electrons. The molecule has 5 heteroatoms. The van der Waals surface area contributed by atoms with E-state index in [1.54, 1.807) is 0 Å². The van der Waals surface area contributed by atoms with Crippen molar-refractivity contribution >= 4 is 19.8 Å². The van der Waals surface area contributed by atoms with Gasteiger partial charge in [0.2, 0.25) is 0 Å². The summed E-state index contributed by atoms with van der Waals surface area (Å²) >= 11 is 0. The van der Waals surface area contributed by atoms with Crippen LogP contribution in [-0.2, 0) is 14.3 Å². The minimum Gasteiger partial charge on any atom is -0.481 e. The Kier molecular flexibility index (Phi) is 4.65. The Morgan fingerprint density at radius 2 is 1.87 bits per heavy atom. The van der Waals surface area contributed by atoms with Gasteiger partial charge in [-0.2, -0.15) is 0 Å². The van der Waals surface area contributed by atoms with Gasteiger partial charge in [-0.1, -0.05) is 12.8 Å². The van der Waals surface area contributed by atoms with Crippen LogP contribution in [0.2, 0.25) is 6.32 Å². The first-order valence-electron chi connectivity index (χ1n) is 5.56. The summed E-state index contributed by atoms with van der Waals surface area (Å²) in [5.41, 5.74) is 0. The van der Waals surface area contributed by atoms with E-state index >= 15 is 0 Å². The third-order valence-corrected chi connectivity index (χ3v) is 2.83. The number of carbonyl (C=O) groups excluding carboxylic acids is 1. The fourth-order valence-electron chi connectivity index (χ4n) is 2.02. The van der Waals surface area contributed by atoms with Crippen LogP contribution in [0.25, 0.3) is 0 Å². The van der Waals surface area contributed by atoms with Gasteiger partial charge in [-0.05, 0) is 19.2 Å². The van der Waals surface area contributed by atoms with Crippen molar-refractivity contribution in [2.45, 2.75) is 32.0 Å². The molecule has 0 aromatic rings. The second kappa shape index (κ2) is 5.78. The zero-order valence-corrected chi connectivity index (χ0v) is 9.07. The summed E-state index contributed by atoms with van der Waals surface area (Å²) < 4.78 is 5.01. The monoisotopic (exact) mass is 212 g/mol. The summed E-state index contributed by atoms with van der Waals surface area (Å²) in [7, 11) is 1.92. The summed E-state index contributed by atoms with van der Waals surface area (Å²) in [5, 5.41) is 8.98. The molecule has 4 nitrogen and oxygen atoms in total. The predicted molar refractivity (Wildman–Crippen MR) is 57.4 cm³/mol. The molecule has 1 aliphatic carbocycles. The van der Waals surface area contributed by atoms with Crippen LogP contribution in [0.3, 0.4) is 0 Å². The summed E-state index contributed by atoms with van der Waals surface area (Å²) in [6.45, 7) is 0.391. The zero-order valence-electron chi connectivity index (χ0n) is 9.07. The van der Waals surface area contributed by atoms with Crippen molar-refractivity contribution < 1.29 is 19.4 Å². The first-order chi connectivity index (χ1) is 7.16. The van der Waals surface area contributed by atoms with E-state index in [1.807, 2.05) is 7.85 Å². The van der Waals surface area contributed by atoms with Gasteiger partial charge in [0, 0.05) is 0 Å². The Hall–Kier alpha value is -0.995. The Bertz CT molecular complexity index is 242. The highest BCUT2D eigenvalue weighted by Gasteiger charge is 2.36. The van der Waals surface area contributed by atoms with Gasteiger partial charge in [0.1, 0.15) is 7.85 Å². The van der Waals surface area contributed by atoms with Crippen molar-refractivity contribution in [1.29, 1.82) is 0 Å². The average Bonchev–Trinajstić information content (AvgIpc) is 2.25. The second-order valence-electron chi connectivity index (χ2n) is 4.00. The molecule has 2 unspecified atom stereocenters. The lowest BCUT2D eigenvalue weighted by molar-refractivity contribution is -0.159. The zero-order chi connectivity index (χ0) is 11.3. The van der Waals surface area contributed by atoms with Gasteiger partial charge >= 0.3 is 11.9 Å². The molecule has 1 aliphatic rings. The Morgan fingerprint density at radius 1 is 1.27 bits per heavy atom. The van der Waals surface area contributed by atoms with E-state index in [2.05, 4.69) is 0 Å². The number of esters is 1. The van der Waals surface area contributed by atoms with E-state index in [1.165, 1.54) is 0 Å². The van der Waals surface area contributed by atoms with Crippen molar-refractivity contribution in [1.82, 2.24) is 0 Å². The number of carbonyl (C=O) groups is 2. The lowest BCUT2D eigenvalue weighted by Crippen LogP contribution is -2.33. The minimum absolute atomic E-state index is 0.330. The van der Waals surface area contributed by atoms with Crippen molar-refractivity contribution in [2.24, 2.45) is 11.8 Å². The van der Waals surface area contributed by atoms with Crippen LogP contribution in [0.4, 0.5) is 0 Å². The molecule has 0 saturated heterocycles. The molecule has 0 aromatic heterocycles. The Balaban J connectivity index is 2.55. The smallest absolute Gasteiger partial charge is 0.309 e. The van der Waals surface area contributed by atoms with Gasteiger partial charge in [-0.25, -0.2) is 0 Å². The number of rotatable bonds is 4. The summed E-state index contributed by atoms with van der Waals surface area (Å²) in [4.78, 5) is 22.5.